The van der Waals surface area contributed by atoms with Crippen molar-refractivity contribution < 1.29 is 41.7 Å². The molecule has 0 aliphatic rings. The predicted octanol–water partition coefficient (Wildman–Crippen LogP) is 4.42. The van der Waals surface area contributed by atoms with E-state index in [1.165, 1.54) is 0 Å². The molecule has 0 aliphatic heterocycles. The van der Waals surface area contributed by atoms with Crippen molar-refractivity contribution in [1.29, 1.82) is 0 Å². The van der Waals surface area contributed by atoms with E-state index in [1.54, 1.807) is 0 Å². The van der Waals surface area contributed by atoms with Gasteiger partial charge in [-0.3, -0.25) is 9.13 Å². The van der Waals surface area contributed by atoms with Gasteiger partial charge in [-0.1, -0.05) is 70.9 Å². The van der Waals surface area contributed by atoms with Gasteiger partial charge >= 0.3 is 0 Å². The van der Waals surface area contributed by atoms with Crippen LogP contribution in [0, 0.1) is 11.8 Å². The van der Waals surface area contributed by atoms with Gasteiger partial charge in [0.05, 0.1) is 33.0 Å². The van der Waals surface area contributed by atoms with E-state index in [9.17, 15) is 18.9 Å². The Hall–Kier alpha value is -0.680. The van der Waals surface area contributed by atoms with E-state index in [2.05, 4.69) is 0 Å². The average molecular weight is 517 g/mol. The minimum absolute atomic E-state index is 0. The summed E-state index contributed by atoms with van der Waals surface area (Å²) in [5, 5.41) is 0. The number of ether oxygens (including phenoxy) is 1. The molecule has 0 fully saturated rings. The van der Waals surface area contributed by atoms with Crippen molar-refractivity contribution in [1.82, 2.24) is 12.3 Å². The lowest BCUT2D eigenvalue weighted by Crippen LogP contribution is -2.28. The van der Waals surface area contributed by atoms with Gasteiger partial charge in [-0.15, -0.1) is 0 Å². The zero-order chi connectivity index (χ0) is 23.3. The van der Waals surface area contributed by atoms with Crippen LogP contribution >= 0.6 is 15.6 Å². The van der Waals surface area contributed by atoms with Crippen LogP contribution in [0.25, 0.3) is 0 Å². The summed E-state index contributed by atoms with van der Waals surface area (Å²) in [6.07, 6.45) is 0.530. The summed E-state index contributed by atoms with van der Waals surface area (Å²) in [5.41, 5.74) is 0.823. The molecule has 33 heavy (non-hydrogen) atoms. The second-order valence-electron chi connectivity index (χ2n) is 7.52. The van der Waals surface area contributed by atoms with Gasteiger partial charge in [0, 0.05) is 0 Å². The van der Waals surface area contributed by atoms with Crippen LogP contribution in [0.5, 0.6) is 0 Å². The summed E-state index contributed by atoms with van der Waals surface area (Å²) in [4.78, 5) is 24.0. The molecule has 4 atom stereocenters. The van der Waals surface area contributed by atoms with Crippen LogP contribution in [0.15, 0.2) is 30.3 Å². The van der Waals surface area contributed by atoms with Crippen LogP contribution in [0.2, 0.25) is 0 Å². The van der Waals surface area contributed by atoms with Crippen LogP contribution in [-0.4, -0.2) is 32.5 Å². The number of quaternary nitrogens is 2. The monoisotopic (exact) mass is 516 g/mol. The molecular weight excluding hydrogens is 474 g/mol. The summed E-state index contributed by atoms with van der Waals surface area (Å²) in [7, 11) is -9.13. The second-order valence-corrected chi connectivity index (χ2v) is 10.3. The third-order valence-electron chi connectivity index (χ3n) is 4.59. The molecule has 1 aromatic rings. The normalized spacial score (nSPS) is 17.5. The van der Waals surface area contributed by atoms with Crippen molar-refractivity contribution in [2.45, 2.75) is 53.2 Å². The highest BCUT2D eigenvalue weighted by Crippen LogP contribution is 2.41. The lowest BCUT2D eigenvalue weighted by molar-refractivity contribution is -0.232. The predicted molar refractivity (Wildman–Crippen MR) is 125 cm³/mol. The molecule has 0 heterocycles. The van der Waals surface area contributed by atoms with E-state index in [0.717, 1.165) is 18.4 Å². The molecule has 0 radical (unpaired) electrons. The fraction of sp³-hybridized carbons (Fsp3) is 0.700. The van der Waals surface area contributed by atoms with E-state index in [1.807, 2.05) is 58.0 Å². The molecule has 1 aromatic carbocycles. The number of phosphoric ester groups is 2. The molecule has 11 nitrogen and oxygen atoms in total. The number of hydrogen-bond acceptors (Lipinski definition) is 9. The van der Waals surface area contributed by atoms with Crippen LogP contribution in [0.1, 0.15) is 46.1 Å². The second kappa shape index (κ2) is 17.7. The van der Waals surface area contributed by atoms with Crippen LogP contribution in [-0.2, 0) is 38.6 Å². The first-order chi connectivity index (χ1) is 14.6. The van der Waals surface area contributed by atoms with Gasteiger partial charge in [-0.05, 0) is 17.4 Å². The Morgan fingerprint density at radius 3 is 1.55 bits per heavy atom. The molecule has 0 aromatic heterocycles. The Morgan fingerprint density at radius 1 is 0.758 bits per heavy atom. The van der Waals surface area contributed by atoms with Gasteiger partial charge in [0.15, 0.2) is 0 Å². The number of rotatable bonds is 17. The maximum atomic E-state index is 12.0. The van der Waals surface area contributed by atoms with Gasteiger partial charge in [-0.25, -0.2) is 0 Å². The van der Waals surface area contributed by atoms with E-state index in [4.69, 9.17) is 22.8 Å². The minimum atomic E-state index is -4.57. The highest BCUT2D eigenvalue weighted by Gasteiger charge is 2.20. The van der Waals surface area contributed by atoms with Crippen LogP contribution in [0.4, 0.5) is 0 Å². The van der Waals surface area contributed by atoms with Gasteiger partial charge in [0.2, 0.25) is 0 Å². The molecule has 13 heteroatoms. The largest absolute Gasteiger partial charge is 0.756 e. The summed E-state index contributed by atoms with van der Waals surface area (Å²) < 4.78 is 49.1. The molecule has 0 amide bonds. The van der Waals surface area contributed by atoms with Crippen molar-refractivity contribution in [2.24, 2.45) is 11.8 Å². The van der Waals surface area contributed by atoms with Crippen LogP contribution < -0.4 is 22.1 Å². The van der Waals surface area contributed by atoms with Gasteiger partial charge < -0.3 is 44.9 Å². The average Bonchev–Trinajstić information content (AvgIpc) is 2.76. The first kappa shape index (κ1) is 34.5. The Bertz CT molecular complexity index is 674. The van der Waals surface area contributed by atoms with Gasteiger partial charge in [0.25, 0.3) is 15.6 Å². The Morgan fingerprint density at radius 2 is 1.15 bits per heavy atom. The molecule has 196 valence electrons. The maximum Gasteiger partial charge on any atom is 0.267 e. The summed E-state index contributed by atoms with van der Waals surface area (Å²) in [6, 6.07) is 9.13. The van der Waals surface area contributed by atoms with E-state index in [0.29, 0.717) is 0 Å². The quantitative estimate of drug-likeness (QED) is 0.281. The van der Waals surface area contributed by atoms with Crippen molar-refractivity contribution >= 4 is 15.6 Å². The number of phosphoric acid groups is 2. The third-order valence-corrected chi connectivity index (χ3v) is 6.45. The summed E-state index contributed by atoms with van der Waals surface area (Å²) in [5.74, 6) is 0.0988. The molecule has 0 spiro atoms. The first-order valence-electron chi connectivity index (χ1n) is 10.4. The molecule has 1 rings (SSSR count). The SMILES string of the molecule is CCC(C)COP(=O)([O-])OCC(COP(=O)([O-])OCC(C)CC)OCc1ccccc1.[NH4+].[NH4+]. The van der Waals surface area contributed by atoms with E-state index < -0.39 is 35.0 Å². The topological polar surface area (TPSA) is 199 Å². The fourth-order valence-corrected chi connectivity index (χ4v) is 3.75. The minimum Gasteiger partial charge on any atom is -0.756 e. The molecule has 0 bridgehead atoms. The molecule has 4 unspecified atom stereocenters. The highest BCUT2D eigenvalue weighted by atomic mass is 31.2. The summed E-state index contributed by atoms with van der Waals surface area (Å²) >= 11 is 0. The molecule has 0 aliphatic carbocycles. The van der Waals surface area contributed by atoms with E-state index >= 15 is 0 Å². The Kier molecular flexibility index (Phi) is 18.5. The fourth-order valence-electron chi connectivity index (χ4n) is 2.03. The van der Waals surface area contributed by atoms with Crippen molar-refractivity contribution in [3.05, 3.63) is 35.9 Å². The molecule has 0 saturated heterocycles. The maximum absolute atomic E-state index is 12.0. The third kappa shape index (κ3) is 16.6. The number of benzene rings is 1. The first-order valence-corrected chi connectivity index (χ1v) is 13.3. The highest BCUT2D eigenvalue weighted by molar-refractivity contribution is 7.46. The zero-order valence-electron chi connectivity index (χ0n) is 20.6. The van der Waals surface area contributed by atoms with E-state index in [-0.39, 0.29) is 44.0 Å². The molecule has 8 N–H and O–H groups in total. The zero-order valence-corrected chi connectivity index (χ0v) is 22.4. The summed E-state index contributed by atoms with van der Waals surface area (Å²) in [6.45, 7) is 6.74. The lowest BCUT2D eigenvalue weighted by atomic mass is 10.1. The van der Waals surface area contributed by atoms with Crippen molar-refractivity contribution in [3.63, 3.8) is 0 Å². The van der Waals surface area contributed by atoms with Crippen LogP contribution in [0.3, 0.4) is 0 Å². The smallest absolute Gasteiger partial charge is 0.267 e. The molecule has 0 saturated carbocycles. The van der Waals surface area contributed by atoms with Gasteiger partial charge in [0.1, 0.15) is 6.10 Å². The Labute approximate surface area is 197 Å². The van der Waals surface area contributed by atoms with Crippen molar-refractivity contribution in [3.8, 4) is 0 Å². The van der Waals surface area contributed by atoms with Gasteiger partial charge in [-0.2, -0.15) is 0 Å². The number of hydrogen-bond donors (Lipinski definition) is 2. The standard InChI is InChI=1S/C20H36O9P2.2H3N/c1-5-17(3)12-26-30(21,22)28-15-20(25-14-19-10-8-7-9-11-19)16-29-31(23,24)27-13-18(4)6-2;;/h7-11,17-18,20H,5-6,12-16H2,1-4H3,(H,21,22)(H,23,24);2*1H3. The molecular formula is C20H42N2O9P2. The lowest BCUT2D eigenvalue weighted by Gasteiger charge is -2.29. The van der Waals surface area contributed by atoms with Crippen molar-refractivity contribution in [2.75, 3.05) is 26.4 Å². The Balaban J connectivity index is 0.